The molecule has 0 spiro atoms. The largest absolute Gasteiger partial charge is 0.478 e. The molecule has 1 aromatic rings. The molecule has 6 nitrogen and oxygen atoms in total. The van der Waals surface area contributed by atoms with Crippen LogP contribution in [0.1, 0.15) is 25.0 Å². The third-order valence-corrected chi connectivity index (χ3v) is 3.17. The fourth-order valence-corrected chi connectivity index (χ4v) is 1.68. The number of hydrogen-bond acceptors (Lipinski definition) is 3. The van der Waals surface area contributed by atoms with Crippen molar-refractivity contribution in [3.8, 4) is 0 Å². The number of benzene rings is 1. The van der Waals surface area contributed by atoms with Gasteiger partial charge in [0.15, 0.2) is 0 Å². The Morgan fingerprint density at radius 1 is 1.00 bits per heavy atom. The van der Waals surface area contributed by atoms with E-state index in [-0.39, 0.29) is 11.1 Å². The molecular formula is C15H18N2O4. The minimum Gasteiger partial charge on any atom is -0.478 e. The lowest BCUT2D eigenvalue weighted by Gasteiger charge is -2.12. The van der Waals surface area contributed by atoms with Crippen LogP contribution in [0.2, 0.25) is 0 Å². The zero-order valence-corrected chi connectivity index (χ0v) is 12.4. The lowest BCUT2D eigenvalue weighted by molar-refractivity contribution is -0.133. The van der Waals surface area contributed by atoms with Crippen LogP contribution in [0.3, 0.4) is 0 Å². The summed E-state index contributed by atoms with van der Waals surface area (Å²) >= 11 is 0. The first kappa shape index (κ1) is 16.4. The van der Waals surface area contributed by atoms with Crippen LogP contribution in [0.5, 0.6) is 0 Å². The van der Waals surface area contributed by atoms with E-state index in [1.54, 1.807) is 0 Å². The average Bonchev–Trinajstić information content (AvgIpc) is 2.41. The number of amides is 3. The molecule has 0 aliphatic carbocycles. The molecule has 0 bridgehead atoms. The zero-order valence-electron chi connectivity index (χ0n) is 12.4. The number of hydrogen-bond donors (Lipinski definition) is 3. The number of rotatable bonds is 3. The summed E-state index contributed by atoms with van der Waals surface area (Å²) in [6, 6.07) is 4.84. The topological polar surface area (TPSA) is 95.5 Å². The lowest BCUT2D eigenvalue weighted by atomic mass is 10.1. The van der Waals surface area contributed by atoms with Crippen LogP contribution >= 0.6 is 0 Å². The van der Waals surface area contributed by atoms with Gasteiger partial charge >= 0.3 is 12.0 Å². The maximum atomic E-state index is 11.8. The Hall–Kier alpha value is -2.63. The summed E-state index contributed by atoms with van der Waals surface area (Å²) in [7, 11) is 0. The van der Waals surface area contributed by atoms with Gasteiger partial charge < -0.3 is 10.4 Å². The first-order valence-corrected chi connectivity index (χ1v) is 6.33. The third kappa shape index (κ3) is 4.17. The average molecular weight is 290 g/mol. The summed E-state index contributed by atoms with van der Waals surface area (Å²) in [6.07, 6.45) is 0. The quantitative estimate of drug-likeness (QED) is 0.745. The van der Waals surface area contributed by atoms with Crippen LogP contribution in [-0.2, 0) is 9.59 Å². The van der Waals surface area contributed by atoms with Gasteiger partial charge in [-0.25, -0.2) is 9.59 Å². The van der Waals surface area contributed by atoms with Crippen LogP contribution in [0, 0.1) is 13.8 Å². The molecule has 0 radical (unpaired) electrons. The maximum Gasteiger partial charge on any atom is 0.331 e. The Balaban J connectivity index is 2.82. The van der Waals surface area contributed by atoms with Crippen molar-refractivity contribution in [2.24, 2.45) is 0 Å². The summed E-state index contributed by atoms with van der Waals surface area (Å²) in [5.74, 6) is -1.93. The van der Waals surface area contributed by atoms with Gasteiger partial charge in [0.2, 0.25) is 0 Å². The third-order valence-electron chi connectivity index (χ3n) is 3.17. The van der Waals surface area contributed by atoms with Gasteiger partial charge in [-0.3, -0.25) is 10.1 Å². The molecule has 112 valence electrons. The number of anilines is 1. The zero-order chi connectivity index (χ0) is 16.2. The van der Waals surface area contributed by atoms with E-state index in [2.05, 4.69) is 10.6 Å². The second-order valence-electron chi connectivity index (χ2n) is 4.73. The summed E-state index contributed by atoms with van der Waals surface area (Å²) < 4.78 is 0. The van der Waals surface area contributed by atoms with Crippen molar-refractivity contribution in [2.45, 2.75) is 27.7 Å². The molecule has 21 heavy (non-hydrogen) atoms. The summed E-state index contributed by atoms with van der Waals surface area (Å²) in [5, 5.41) is 13.5. The van der Waals surface area contributed by atoms with Gasteiger partial charge in [-0.15, -0.1) is 0 Å². The number of para-hydroxylation sites is 1. The minimum atomic E-state index is -1.20. The van der Waals surface area contributed by atoms with E-state index in [1.165, 1.54) is 13.8 Å². The molecule has 0 aliphatic heterocycles. The molecule has 0 saturated carbocycles. The Kier molecular flexibility index (Phi) is 5.24. The molecular weight excluding hydrogens is 272 g/mol. The molecule has 1 aromatic carbocycles. The second kappa shape index (κ2) is 6.69. The van der Waals surface area contributed by atoms with E-state index in [0.29, 0.717) is 5.69 Å². The van der Waals surface area contributed by atoms with Crippen LogP contribution < -0.4 is 10.6 Å². The van der Waals surface area contributed by atoms with Crippen molar-refractivity contribution in [3.05, 3.63) is 40.5 Å². The van der Waals surface area contributed by atoms with Crippen molar-refractivity contribution in [2.75, 3.05) is 5.32 Å². The predicted molar refractivity (Wildman–Crippen MR) is 79.1 cm³/mol. The van der Waals surface area contributed by atoms with Crippen molar-refractivity contribution in [1.82, 2.24) is 5.32 Å². The van der Waals surface area contributed by atoms with Crippen LogP contribution in [0.25, 0.3) is 0 Å². The minimum absolute atomic E-state index is 0.0147. The standard InChI is InChI=1S/C15H18N2O4/c1-8-6-5-7-9(2)12(8)16-15(21)17-13(18)10(3)11(4)14(19)20/h5-7H,1-4H3,(H,19,20)(H2,16,17,18,21). The predicted octanol–water partition coefficient (Wildman–Crippen LogP) is 2.37. The van der Waals surface area contributed by atoms with Crippen LogP contribution in [0.4, 0.5) is 10.5 Å². The number of urea groups is 1. The van der Waals surface area contributed by atoms with Crippen LogP contribution in [-0.4, -0.2) is 23.0 Å². The highest BCUT2D eigenvalue weighted by molar-refractivity contribution is 6.10. The molecule has 3 amide bonds. The van der Waals surface area contributed by atoms with Crippen molar-refractivity contribution in [1.29, 1.82) is 0 Å². The summed E-state index contributed by atoms with van der Waals surface area (Å²) in [5.41, 5.74) is 2.24. The Bertz CT molecular complexity index is 612. The fraction of sp³-hybridized carbons (Fsp3) is 0.267. The normalized spacial score (nSPS) is 11.4. The molecule has 0 aromatic heterocycles. The highest BCUT2D eigenvalue weighted by Crippen LogP contribution is 2.19. The van der Waals surface area contributed by atoms with Gasteiger partial charge in [-0.05, 0) is 38.8 Å². The first-order valence-electron chi connectivity index (χ1n) is 6.33. The Morgan fingerprint density at radius 3 is 2.00 bits per heavy atom. The van der Waals surface area contributed by atoms with Gasteiger partial charge in [0.25, 0.3) is 5.91 Å². The number of nitrogens with one attached hydrogen (secondary N) is 2. The lowest BCUT2D eigenvalue weighted by Crippen LogP contribution is -2.35. The van der Waals surface area contributed by atoms with Crippen LogP contribution in [0.15, 0.2) is 29.3 Å². The molecule has 6 heteroatoms. The van der Waals surface area contributed by atoms with Crippen molar-refractivity contribution in [3.63, 3.8) is 0 Å². The van der Waals surface area contributed by atoms with Gasteiger partial charge in [0.1, 0.15) is 0 Å². The molecule has 0 atom stereocenters. The summed E-state index contributed by atoms with van der Waals surface area (Å²) in [6.45, 7) is 6.33. The number of carbonyl (C=O) groups is 3. The van der Waals surface area contributed by atoms with E-state index < -0.39 is 17.9 Å². The number of carboxylic acids is 1. The first-order chi connectivity index (χ1) is 9.73. The SMILES string of the molecule is CC(C(=O)O)=C(C)C(=O)NC(=O)Nc1c(C)cccc1C. The number of carboxylic acid groups (broad SMARTS) is 1. The Labute approximate surface area is 122 Å². The number of carbonyl (C=O) groups excluding carboxylic acids is 2. The second-order valence-corrected chi connectivity index (χ2v) is 4.73. The van der Waals surface area contributed by atoms with E-state index in [9.17, 15) is 14.4 Å². The molecule has 0 unspecified atom stereocenters. The van der Waals surface area contributed by atoms with Gasteiger partial charge in [0, 0.05) is 16.8 Å². The fourth-order valence-electron chi connectivity index (χ4n) is 1.68. The van der Waals surface area contributed by atoms with Crippen molar-refractivity contribution < 1.29 is 19.5 Å². The monoisotopic (exact) mass is 290 g/mol. The van der Waals surface area contributed by atoms with E-state index in [4.69, 9.17) is 5.11 Å². The van der Waals surface area contributed by atoms with Gasteiger partial charge in [0.05, 0.1) is 0 Å². The molecule has 0 aliphatic rings. The van der Waals surface area contributed by atoms with E-state index in [1.807, 2.05) is 32.0 Å². The Morgan fingerprint density at radius 2 is 1.52 bits per heavy atom. The highest BCUT2D eigenvalue weighted by Gasteiger charge is 2.16. The molecule has 0 saturated heterocycles. The molecule has 3 N–H and O–H groups in total. The molecule has 0 heterocycles. The maximum absolute atomic E-state index is 11.8. The number of imide groups is 1. The van der Waals surface area contributed by atoms with Crippen molar-refractivity contribution >= 4 is 23.6 Å². The van der Waals surface area contributed by atoms with Gasteiger partial charge in [-0.1, -0.05) is 18.2 Å². The van der Waals surface area contributed by atoms with Gasteiger partial charge in [-0.2, -0.15) is 0 Å². The highest BCUT2D eigenvalue weighted by atomic mass is 16.4. The number of aliphatic carboxylic acids is 1. The number of aryl methyl sites for hydroxylation is 2. The summed E-state index contributed by atoms with van der Waals surface area (Å²) in [4.78, 5) is 34.4. The van der Waals surface area contributed by atoms with E-state index in [0.717, 1.165) is 11.1 Å². The smallest absolute Gasteiger partial charge is 0.331 e. The molecule has 1 rings (SSSR count). The van der Waals surface area contributed by atoms with E-state index >= 15 is 0 Å². The molecule has 0 fully saturated rings.